The van der Waals surface area contributed by atoms with Crippen molar-refractivity contribution in [3.63, 3.8) is 0 Å². The van der Waals surface area contributed by atoms with Gasteiger partial charge in [-0.2, -0.15) is 0 Å². The number of nitrogens with one attached hydrogen (secondary N) is 1. The molecule has 1 amide bonds. The van der Waals surface area contributed by atoms with Crippen LogP contribution in [0.3, 0.4) is 0 Å². The fourth-order valence-corrected chi connectivity index (χ4v) is 4.04. The number of rotatable bonds is 7. The van der Waals surface area contributed by atoms with E-state index in [2.05, 4.69) is 5.32 Å². The van der Waals surface area contributed by atoms with Gasteiger partial charge in [-0.25, -0.2) is 4.79 Å². The lowest BCUT2D eigenvalue weighted by Gasteiger charge is -2.26. The van der Waals surface area contributed by atoms with E-state index in [1.54, 1.807) is 20.8 Å². The molecule has 3 N–H and O–H groups in total. The normalized spacial score (nSPS) is 15.4. The third-order valence-corrected chi connectivity index (χ3v) is 5.59. The quantitative estimate of drug-likeness (QED) is 0.555. The van der Waals surface area contributed by atoms with Crippen molar-refractivity contribution in [3.05, 3.63) is 47.0 Å². The van der Waals surface area contributed by atoms with E-state index in [0.717, 1.165) is 36.0 Å². The summed E-state index contributed by atoms with van der Waals surface area (Å²) in [6, 6.07) is 8.39. The van der Waals surface area contributed by atoms with Crippen LogP contribution in [0.25, 0.3) is 0 Å². The van der Waals surface area contributed by atoms with Gasteiger partial charge in [0, 0.05) is 5.56 Å². The Labute approximate surface area is 188 Å². The highest BCUT2D eigenvalue weighted by Crippen LogP contribution is 2.36. The Morgan fingerprint density at radius 1 is 1.12 bits per heavy atom. The number of ketones is 1. The minimum Gasteiger partial charge on any atom is -0.492 e. The number of carbonyl (C=O) groups excluding carboxylic acids is 2. The van der Waals surface area contributed by atoms with E-state index < -0.39 is 29.4 Å². The van der Waals surface area contributed by atoms with E-state index in [4.69, 9.17) is 9.57 Å². The summed E-state index contributed by atoms with van der Waals surface area (Å²) in [6.45, 7) is 6.86. The number of ether oxygens (including phenoxy) is 1. The summed E-state index contributed by atoms with van der Waals surface area (Å²) in [6.07, 6.45) is 2.79. The van der Waals surface area contributed by atoms with Crippen molar-refractivity contribution in [2.45, 2.75) is 71.6 Å². The van der Waals surface area contributed by atoms with Crippen molar-refractivity contribution in [1.82, 2.24) is 10.0 Å². The van der Waals surface area contributed by atoms with Crippen LogP contribution in [0.5, 0.6) is 11.8 Å². The first-order valence-corrected chi connectivity index (χ1v) is 10.9. The lowest BCUT2D eigenvalue weighted by atomic mass is 9.90. The monoisotopic (exact) mass is 444 g/mol. The molecule has 32 heavy (non-hydrogen) atoms. The number of alkyl carbamates (subject to hydrolysis) is 1. The molecule has 1 aliphatic carbocycles. The van der Waals surface area contributed by atoms with Gasteiger partial charge in [-0.05, 0) is 52.0 Å². The van der Waals surface area contributed by atoms with Crippen LogP contribution < -0.4 is 10.2 Å². The molecule has 1 atom stereocenters. The zero-order chi connectivity index (χ0) is 23.5. The maximum Gasteiger partial charge on any atom is 0.408 e. The first-order valence-electron chi connectivity index (χ1n) is 10.9. The van der Waals surface area contributed by atoms with Gasteiger partial charge in [-0.1, -0.05) is 43.2 Å². The van der Waals surface area contributed by atoms with Crippen molar-refractivity contribution in [2.24, 2.45) is 5.92 Å². The first kappa shape index (κ1) is 23.5. The SMILES string of the molecule is Cc1c(C(=O)[C@@H](NC(=O)OC(C)(C)C)C2CCCC2)c(O)n(OCc2ccccc2)c1O. The van der Waals surface area contributed by atoms with E-state index in [1.165, 1.54) is 6.92 Å². The van der Waals surface area contributed by atoms with Crippen LogP contribution in [-0.2, 0) is 11.3 Å². The zero-order valence-corrected chi connectivity index (χ0v) is 19.1. The predicted octanol–water partition coefficient (Wildman–Crippen LogP) is 4.10. The average molecular weight is 445 g/mol. The van der Waals surface area contributed by atoms with Crippen LogP contribution in [0.2, 0.25) is 0 Å². The van der Waals surface area contributed by atoms with E-state index in [9.17, 15) is 19.8 Å². The van der Waals surface area contributed by atoms with Crippen molar-refractivity contribution < 1.29 is 29.4 Å². The highest BCUT2D eigenvalue weighted by Gasteiger charge is 2.38. The molecule has 1 heterocycles. The first-order chi connectivity index (χ1) is 15.1. The topological polar surface area (TPSA) is 110 Å². The van der Waals surface area contributed by atoms with Crippen molar-refractivity contribution in [1.29, 1.82) is 0 Å². The summed E-state index contributed by atoms with van der Waals surface area (Å²) >= 11 is 0. The van der Waals surface area contributed by atoms with Gasteiger partial charge in [-0.3, -0.25) is 4.79 Å². The fraction of sp³-hybridized carbons (Fsp3) is 0.500. The number of Topliss-reactive ketones (excluding diaryl/α,β-unsaturated/α-hetero) is 1. The van der Waals surface area contributed by atoms with Crippen LogP contribution in [0.15, 0.2) is 30.3 Å². The summed E-state index contributed by atoms with van der Waals surface area (Å²) in [7, 11) is 0. The molecule has 0 unspecified atom stereocenters. The van der Waals surface area contributed by atoms with Crippen molar-refractivity contribution in [3.8, 4) is 11.8 Å². The number of aromatic hydroxyl groups is 2. The Bertz CT molecular complexity index is 955. The Morgan fingerprint density at radius 2 is 1.75 bits per heavy atom. The number of nitrogens with zero attached hydrogens (tertiary/aromatic N) is 1. The fourth-order valence-electron chi connectivity index (χ4n) is 4.04. The average Bonchev–Trinajstić information content (AvgIpc) is 3.32. The third kappa shape index (κ3) is 5.36. The van der Waals surface area contributed by atoms with Gasteiger partial charge < -0.3 is 25.1 Å². The molecule has 8 nitrogen and oxygen atoms in total. The van der Waals surface area contributed by atoms with E-state index in [1.807, 2.05) is 30.3 Å². The Kier molecular flexibility index (Phi) is 7.01. The molecule has 1 saturated carbocycles. The van der Waals surface area contributed by atoms with Crippen molar-refractivity contribution >= 4 is 11.9 Å². The summed E-state index contributed by atoms with van der Waals surface area (Å²) in [5, 5.41) is 24.0. The predicted molar refractivity (Wildman–Crippen MR) is 119 cm³/mol. The zero-order valence-electron chi connectivity index (χ0n) is 19.1. The number of hydrogen-bond donors (Lipinski definition) is 3. The largest absolute Gasteiger partial charge is 0.492 e. The number of hydrogen-bond acceptors (Lipinski definition) is 6. The van der Waals surface area contributed by atoms with Gasteiger partial charge >= 0.3 is 6.09 Å². The van der Waals surface area contributed by atoms with Crippen LogP contribution in [-0.4, -0.2) is 38.5 Å². The number of benzene rings is 1. The van der Waals surface area contributed by atoms with Gasteiger partial charge in [0.05, 0.1) is 11.6 Å². The molecule has 0 aliphatic heterocycles. The summed E-state index contributed by atoms with van der Waals surface area (Å²) < 4.78 is 6.20. The molecule has 0 bridgehead atoms. The summed E-state index contributed by atoms with van der Waals surface area (Å²) in [5.41, 5.74) is 0.247. The van der Waals surface area contributed by atoms with Gasteiger partial charge in [0.15, 0.2) is 5.78 Å². The second-order valence-electron chi connectivity index (χ2n) is 9.23. The second kappa shape index (κ2) is 9.54. The molecule has 8 heteroatoms. The van der Waals surface area contributed by atoms with Gasteiger partial charge in [0.2, 0.25) is 11.8 Å². The van der Waals surface area contributed by atoms with Gasteiger partial charge in [-0.15, -0.1) is 4.73 Å². The molecule has 1 aromatic heterocycles. The molecule has 1 fully saturated rings. The standard InChI is InChI=1S/C24H32N2O6/c1-15-18(22(29)26(21(15)28)31-14-16-10-6-5-7-11-16)20(27)19(17-12-8-9-13-17)25-23(30)32-24(2,3)4/h5-7,10-11,17,19,28-29H,8-9,12-14H2,1-4H3,(H,25,30)/t19-/m0/s1. The van der Waals surface area contributed by atoms with Crippen LogP contribution in [0.4, 0.5) is 4.79 Å². The summed E-state index contributed by atoms with van der Waals surface area (Å²) in [4.78, 5) is 31.5. The van der Waals surface area contributed by atoms with Crippen molar-refractivity contribution in [2.75, 3.05) is 0 Å². The molecule has 1 aliphatic rings. The molecule has 0 saturated heterocycles. The van der Waals surface area contributed by atoms with Crippen LogP contribution in [0.1, 0.15) is 67.9 Å². The van der Waals surface area contributed by atoms with Gasteiger partial charge in [0.1, 0.15) is 12.2 Å². The third-order valence-electron chi connectivity index (χ3n) is 5.59. The summed E-state index contributed by atoms with van der Waals surface area (Å²) in [5.74, 6) is -1.40. The van der Waals surface area contributed by atoms with E-state index in [-0.39, 0.29) is 29.5 Å². The molecule has 1 aromatic carbocycles. The minimum absolute atomic E-state index is 0.0662. The molecule has 3 rings (SSSR count). The second-order valence-corrected chi connectivity index (χ2v) is 9.23. The number of amides is 1. The molecule has 0 radical (unpaired) electrons. The molecule has 174 valence electrons. The Balaban J connectivity index is 1.86. The lowest BCUT2D eigenvalue weighted by molar-refractivity contribution is 0.0468. The molecular formula is C24H32N2O6. The maximum atomic E-state index is 13.5. The van der Waals surface area contributed by atoms with E-state index in [0.29, 0.717) is 0 Å². The van der Waals surface area contributed by atoms with E-state index >= 15 is 0 Å². The Hall–Kier alpha value is -3.16. The molecule has 2 aromatic rings. The highest BCUT2D eigenvalue weighted by molar-refractivity contribution is 6.05. The van der Waals surface area contributed by atoms with Crippen LogP contribution in [0, 0.1) is 12.8 Å². The van der Waals surface area contributed by atoms with Crippen LogP contribution >= 0.6 is 0 Å². The molecule has 0 spiro atoms. The number of carbonyl (C=O) groups is 2. The maximum absolute atomic E-state index is 13.5. The Morgan fingerprint density at radius 3 is 2.34 bits per heavy atom. The smallest absolute Gasteiger partial charge is 0.408 e. The van der Waals surface area contributed by atoms with Gasteiger partial charge in [0.25, 0.3) is 0 Å². The number of aromatic nitrogens is 1. The highest BCUT2D eigenvalue weighted by atomic mass is 16.7. The molecular weight excluding hydrogens is 412 g/mol. The minimum atomic E-state index is -0.874. The lowest BCUT2D eigenvalue weighted by Crippen LogP contribution is -2.47.